The molecule has 0 radical (unpaired) electrons. The van der Waals surface area contributed by atoms with Crippen LogP contribution >= 0.6 is 0 Å². The summed E-state index contributed by atoms with van der Waals surface area (Å²) in [5, 5.41) is 0. The summed E-state index contributed by atoms with van der Waals surface area (Å²) in [6.45, 7) is 3.79. The molecule has 1 aliphatic carbocycles. The van der Waals surface area contributed by atoms with Crippen molar-refractivity contribution in [3.8, 4) is 0 Å². The van der Waals surface area contributed by atoms with Crippen LogP contribution in [0, 0.1) is 5.92 Å². The zero-order valence-corrected chi connectivity index (χ0v) is 11.4. The molecule has 0 spiro atoms. The molecule has 0 atom stereocenters. The van der Waals surface area contributed by atoms with Crippen LogP contribution in [0.3, 0.4) is 0 Å². The van der Waals surface area contributed by atoms with E-state index < -0.39 is 0 Å². The van der Waals surface area contributed by atoms with E-state index in [1.165, 1.54) is 36.8 Å². The van der Waals surface area contributed by atoms with E-state index in [0.717, 1.165) is 18.9 Å². The first-order chi connectivity index (χ1) is 8.79. The molecule has 100 valence electrons. The third kappa shape index (κ3) is 3.82. The Balaban J connectivity index is 1.86. The maximum Gasteiger partial charge on any atom is 0.0723 e. The molecule has 1 aliphatic rings. The van der Waals surface area contributed by atoms with E-state index in [-0.39, 0.29) is 0 Å². The van der Waals surface area contributed by atoms with Gasteiger partial charge in [0.2, 0.25) is 0 Å². The van der Waals surface area contributed by atoms with Gasteiger partial charge in [-0.2, -0.15) is 0 Å². The zero-order chi connectivity index (χ0) is 12.8. The van der Waals surface area contributed by atoms with Crippen LogP contribution in [0.15, 0.2) is 24.3 Å². The summed E-state index contributed by atoms with van der Waals surface area (Å²) < 4.78 is 6.06. The van der Waals surface area contributed by atoms with Gasteiger partial charge in [0.1, 0.15) is 0 Å². The van der Waals surface area contributed by atoms with E-state index in [0.29, 0.717) is 12.6 Å². The Bertz CT molecular complexity index is 356. The summed E-state index contributed by atoms with van der Waals surface area (Å²) in [6.07, 6.45) is 6.48. The molecular formula is C16H25NO. The van der Waals surface area contributed by atoms with Gasteiger partial charge in [-0.3, -0.25) is 0 Å². The number of ether oxygens (including phenoxy) is 1. The molecule has 2 nitrogen and oxygen atoms in total. The lowest BCUT2D eigenvalue weighted by atomic mass is 9.89. The zero-order valence-electron chi connectivity index (χ0n) is 11.4. The monoisotopic (exact) mass is 247 g/mol. The predicted octanol–water partition coefficient (Wildman–Crippen LogP) is 3.28. The summed E-state index contributed by atoms with van der Waals surface area (Å²) in [5.41, 5.74) is 8.29. The lowest BCUT2D eigenvalue weighted by Gasteiger charge is -2.26. The number of hydrogen-bond acceptors (Lipinski definition) is 2. The summed E-state index contributed by atoms with van der Waals surface area (Å²) in [7, 11) is 0. The van der Waals surface area contributed by atoms with Crippen molar-refractivity contribution >= 4 is 0 Å². The fourth-order valence-electron chi connectivity index (χ4n) is 2.70. The maximum absolute atomic E-state index is 6.06. The fourth-order valence-corrected chi connectivity index (χ4v) is 2.70. The Hall–Kier alpha value is -0.860. The van der Waals surface area contributed by atoms with Crippen molar-refractivity contribution in [3.63, 3.8) is 0 Å². The molecule has 2 N–H and O–H groups in total. The van der Waals surface area contributed by atoms with E-state index in [2.05, 4.69) is 31.2 Å². The van der Waals surface area contributed by atoms with Gasteiger partial charge in [-0.25, -0.2) is 0 Å². The van der Waals surface area contributed by atoms with Gasteiger partial charge in [-0.1, -0.05) is 31.2 Å². The van der Waals surface area contributed by atoms with Gasteiger partial charge in [0.25, 0.3) is 0 Å². The van der Waals surface area contributed by atoms with Crippen molar-refractivity contribution in [2.75, 3.05) is 6.54 Å². The molecule has 1 aromatic carbocycles. The van der Waals surface area contributed by atoms with Crippen LogP contribution in [-0.2, 0) is 17.8 Å². The van der Waals surface area contributed by atoms with Gasteiger partial charge in [-0.05, 0) is 55.7 Å². The van der Waals surface area contributed by atoms with Crippen LogP contribution in [0.1, 0.15) is 43.7 Å². The smallest absolute Gasteiger partial charge is 0.0723 e. The molecule has 1 aromatic rings. The van der Waals surface area contributed by atoms with Gasteiger partial charge in [-0.15, -0.1) is 0 Å². The normalized spacial score (nSPS) is 24.1. The molecule has 0 unspecified atom stereocenters. The molecule has 2 rings (SSSR count). The first kappa shape index (κ1) is 13.6. The quantitative estimate of drug-likeness (QED) is 0.866. The van der Waals surface area contributed by atoms with Crippen LogP contribution in [0.4, 0.5) is 0 Å². The Morgan fingerprint density at radius 1 is 1.11 bits per heavy atom. The van der Waals surface area contributed by atoms with Gasteiger partial charge >= 0.3 is 0 Å². The molecule has 0 heterocycles. The molecule has 18 heavy (non-hydrogen) atoms. The second-order valence-electron chi connectivity index (χ2n) is 5.50. The average molecular weight is 247 g/mol. The van der Waals surface area contributed by atoms with Gasteiger partial charge in [0.05, 0.1) is 12.7 Å². The lowest BCUT2D eigenvalue weighted by Crippen LogP contribution is -2.20. The Labute approximate surface area is 111 Å². The average Bonchev–Trinajstić information content (AvgIpc) is 2.40. The van der Waals surface area contributed by atoms with Gasteiger partial charge in [0, 0.05) is 0 Å². The van der Waals surface area contributed by atoms with E-state index in [9.17, 15) is 0 Å². The highest BCUT2D eigenvalue weighted by molar-refractivity contribution is 5.26. The second-order valence-corrected chi connectivity index (χ2v) is 5.50. The van der Waals surface area contributed by atoms with E-state index >= 15 is 0 Å². The summed E-state index contributed by atoms with van der Waals surface area (Å²) in [6, 6.07) is 8.49. The summed E-state index contributed by atoms with van der Waals surface area (Å²) in [5.74, 6) is 0.884. The van der Waals surface area contributed by atoms with Gasteiger partial charge < -0.3 is 10.5 Å². The van der Waals surface area contributed by atoms with E-state index in [1.807, 2.05) is 0 Å². The first-order valence-electron chi connectivity index (χ1n) is 7.18. The topological polar surface area (TPSA) is 35.2 Å². The van der Waals surface area contributed by atoms with Crippen LogP contribution in [0.25, 0.3) is 0 Å². The van der Waals surface area contributed by atoms with Crippen molar-refractivity contribution in [3.05, 3.63) is 35.4 Å². The molecule has 0 aromatic heterocycles. The third-order valence-electron chi connectivity index (χ3n) is 3.97. The number of rotatable bonds is 5. The van der Waals surface area contributed by atoms with Crippen molar-refractivity contribution < 1.29 is 4.74 Å². The number of nitrogens with two attached hydrogens (primary N) is 1. The molecule has 1 saturated carbocycles. The molecular weight excluding hydrogens is 222 g/mol. The van der Waals surface area contributed by atoms with Crippen molar-refractivity contribution in [2.24, 2.45) is 11.7 Å². The van der Waals surface area contributed by atoms with Gasteiger partial charge in [0.15, 0.2) is 0 Å². The molecule has 0 aliphatic heterocycles. The lowest BCUT2D eigenvalue weighted by molar-refractivity contribution is 0.00849. The van der Waals surface area contributed by atoms with Crippen molar-refractivity contribution in [1.82, 2.24) is 0 Å². The standard InChI is InChI=1S/C16H25NO/c1-13-6-8-16(9-7-13)18-12-15-5-3-2-4-14(15)10-11-17/h2-5,13,16H,6-12,17H2,1H3. The van der Waals surface area contributed by atoms with Crippen LogP contribution in [-0.4, -0.2) is 12.6 Å². The van der Waals surface area contributed by atoms with E-state index in [1.54, 1.807) is 0 Å². The summed E-state index contributed by atoms with van der Waals surface area (Å²) in [4.78, 5) is 0. The maximum atomic E-state index is 6.06. The fraction of sp³-hybridized carbons (Fsp3) is 0.625. The minimum absolute atomic E-state index is 0.465. The molecule has 2 heteroatoms. The largest absolute Gasteiger partial charge is 0.374 e. The Morgan fingerprint density at radius 3 is 2.44 bits per heavy atom. The minimum atomic E-state index is 0.465. The highest BCUT2D eigenvalue weighted by atomic mass is 16.5. The predicted molar refractivity (Wildman–Crippen MR) is 75.4 cm³/mol. The first-order valence-corrected chi connectivity index (χ1v) is 7.18. The number of benzene rings is 1. The molecule has 0 bridgehead atoms. The third-order valence-corrected chi connectivity index (χ3v) is 3.97. The summed E-state index contributed by atoms with van der Waals surface area (Å²) >= 11 is 0. The Morgan fingerprint density at radius 2 is 1.78 bits per heavy atom. The SMILES string of the molecule is CC1CCC(OCc2ccccc2CCN)CC1. The van der Waals surface area contributed by atoms with Crippen LogP contribution < -0.4 is 5.73 Å². The van der Waals surface area contributed by atoms with Crippen LogP contribution in [0.5, 0.6) is 0 Å². The van der Waals surface area contributed by atoms with Crippen molar-refractivity contribution in [2.45, 2.75) is 51.7 Å². The van der Waals surface area contributed by atoms with Crippen molar-refractivity contribution in [1.29, 1.82) is 0 Å². The van der Waals surface area contributed by atoms with Crippen LogP contribution in [0.2, 0.25) is 0 Å². The highest BCUT2D eigenvalue weighted by Gasteiger charge is 2.18. The molecule has 1 fully saturated rings. The molecule has 0 saturated heterocycles. The highest BCUT2D eigenvalue weighted by Crippen LogP contribution is 2.26. The molecule has 0 amide bonds. The number of hydrogen-bond donors (Lipinski definition) is 1. The Kier molecular flexibility index (Phi) is 5.21. The second kappa shape index (κ2) is 6.91. The minimum Gasteiger partial charge on any atom is -0.374 e. The van der Waals surface area contributed by atoms with E-state index in [4.69, 9.17) is 10.5 Å².